The third kappa shape index (κ3) is 2.49. The molecule has 2 N–H and O–H groups in total. The van der Waals surface area contributed by atoms with Crippen LogP contribution in [0.2, 0.25) is 5.02 Å². The molecule has 18 heavy (non-hydrogen) atoms. The monoisotopic (exact) mass is 265 g/mol. The van der Waals surface area contributed by atoms with Crippen LogP contribution in [0.15, 0.2) is 29.1 Å². The molecule has 0 aliphatic rings. The second-order valence-corrected chi connectivity index (χ2v) is 4.03. The van der Waals surface area contributed by atoms with Gasteiger partial charge in [0.05, 0.1) is 0 Å². The maximum absolute atomic E-state index is 11.7. The van der Waals surface area contributed by atoms with E-state index in [-0.39, 0.29) is 11.6 Å². The van der Waals surface area contributed by atoms with Crippen LogP contribution in [0, 0.1) is 0 Å². The van der Waals surface area contributed by atoms with Crippen LogP contribution < -0.4 is 16.5 Å². The lowest BCUT2D eigenvalue weighted by Gasteiger charge is -2.09. The largest absolute Gasteiger partial charge is 0.352 e. The summed E-state index contributed by atoms with van der Waals surface area (Å²) in [6.07, 6.45) is 0. The first-order chi connectivity index (χ1) is 8.61. The number of hydrogen-bond acceptors (Lipinski definition) is 5. The molecule has 1 heterocycles. The number of hydrogen-bond donors (Lipinski definition) is 2. The number of hydrazine groups is 1. The lowest BCUT2D eigenvalue weighted by molar-refractivity contribution is 0.775. The Bertz CT molecular complexity index is 608. The zero-order valence-corrected chi connectivity index (χ0v) is 10.7. The summed E-state index contributed by atoms with van der Waals surface area (Å²) < 4.78 is 1.38. The number of nitrogens with one attached hydrogen (secondary N) is 2. The van der Waals surface area contributed by atoms with Gasteiger partial charge in [-0.1, -0.05) is 11.6 Å². The highest BCUT2D eigenvalue weighted by atomic mass is 35.5. The number of benzene rings is 1. The van der Waals surface area contributed by atoms with Crippen LogP contribution >= 0.6 is 11.6 Å². The van der Waals surface area contributed by atoms with Crippen molar-refractivity contribution in [2.45, 2.75) is 0 Å². The van der Waals surface area contributed by atoms with Gasteiger partial charge >= 0.3 is 5.69 Å². The third-order valence-electron chi connectivity index (χ3n) is 2.36. The average Bonchev–Trinajstić information content (AvgIpc) is 2.35. The normalized spacial score (nSPS) is 10.4. The summed E-state index contributed by atoms with van der Waals surface area (Å²) in [6.45, 7) is 0. The minimum atomic E-state index is -0.382. The second kappa shape index (κ2) is 5.16. The van der Waals surface area contributed by atoms with Gasteiger partial charge in [0.1, 0.15) is 5.82 Å². The fraction of sp³-hybridized carbons (Fsp3) is 0.182. The second-order valence-electron chi connectivity index (χ2n) is 3.59. The van der Waals surface area contributed by atoms with E-state index in [9.17, 15) is 4.79 Å². The van der Waals surface area contributed by atoms with Crippen molar-refractivity contribution in [2.24, 2.45) is 7.05 Å². The average molecular weight is 266 g/mol. The van der Waals surface area contributed by atoms with E-state index in [0.29, 0.717) is 10.8 Å². The van der Waals surface area contributed by atoms with Crippen LogP contribution in [0.25, 0.3) is 11.4 Å². The molecule has 2 rings (SSSR count). The van der Waals surface area contributed by atoms with Gasteiger partial charge in [0.2, 0.25) is 5.95 Å². The molecule has 0 saturated carbocycles. The van der Waals surface area contributed by atoms with Crippen LogP contribution in [0.1, 0.15) is 0 Å². The van der Waals surface area contributed by atoms with E-state index in [1.165, 1.54) is 4.57 Å². The van der Waals surface area contributed by atoms with E-state index in [4.69, 9.17) is 11.6 Å². The highest BCUT2D eigenvalue weighted by Gasteiger charge is 2.08. The van der Waals surface area contributed by atoms with Gasteiger partial charge in [-0.05, 0) is 24.3 Å². The molecule has 0 spiro atoms. The summed E-state index contributed by atoms with van der Waals surface area (Å²) in [4.78, 5) is 19.7. The maximum Gasteiger partial charge on any atom is 0.352 e. The minimum absolute atomic E-state index is 0.227. The molecule has 0 bridgehead atoms. The lowest BCUT2D eigenvalue weighted by atomic mass is 10.2. The molecule has 0 atom stereocenters. The number of anilines is 1. The molecule has 94 valence electrons. The molecule has 6 nitrogen and oxygen atoms in total. The van der Waals surface area contributed by atoms with E-state index in [0.717, 1.165) is 5.56 Å². The first-order valence-electron chi connectivity index (χ1n) is 5.25. The van der Waals surface area contributed by atoms with E-state index >= 15 is 0 Å². The van der Waals surface area contributed by atoms with Gasteiger partial charge in [-0.25, -0.2) is 10.2 Å². The van der Waals surface area contributed by atoms with Crippen LogP contribution in [0.4, 0.5) is 5.95 Å². The van der Waals surface area contributed by atoms with Crippen molar-refractivity contribution in [2.75, 3.05) is 12.5 Å². The summed E-state index contributed by atoms with van der Waals surface area (Å²) >= 11 is 5.83. The van der Waals surface area contributed by atoms with Crippen LogP contribution in [0.3, 0.4) is 0 Å². The fourth-order valence-corrected chi connectivity index (χ4v) is 1.61. The van der Waals surface area contributed by atoms with Crippen molar-refractivity contribution in [3.8, 4) is 11.4 Å². The van der Waals surface area contributed by atoms with E-state index in [1.807, 2.05) is 0 Å². The first-order valence-corrected chi connectivity index (χ1v) is 5.63. The number of aromatic nitrogens is 3. The van der Waals surface area contributed by atoms with Gasteiger partial charge in [-0.15, -0.1) is 0 Å². The van der Waals surface area contributed by atoms with Gasteiger partial charge in [-0.2, -0.15) is 9.97 Å². The summed E-state index contributed by atoms with van der Waals surface area (Å²) in [5.74, 6) is 0.745. The van der Waals surface area contributed by atoms with Gasteiger partial charge < -0.3 is 0 Å². The SMILES string of the molecule is CNNc1nc(-c2ccc(Cl)cc2)n(C)c(=O)n1. The predicted octanol–water partition coefficient (Wildman–Crippen LogP) is 1.04. The van der Waals surface area contributed by atoms with Gasteiger partial charge in [0, 0.05) is 24.7 Å². The number of rotatable bonds is 3. The van der Waals surface area contributed by atoms with Gasteiger partial charge in [0.15, 0.2) is 0 Å². The Labute approximate surface area is 109 Å². The Morgan fingerprint density at radius 2 is 1.89 bits per heavy atom. The van der Waals surface area contributed by atoms with Crippen molar-refractivity contribution in [3.63, 3.8) is 0 Å². The smallest absolute Gasteiger partial charge is 0.290 e. The molecule has 0 unspecified atom stereocenters. The predicted molar refractivity (Wildman–Crippen MR) is 70.4 cm³/mol. The van der Waals surface area contributed by atoms with Crippen LogP contribution in [-0.4, -0.2) is 21.6 Å². The van der Waals surface area contributed by atoms with Crippen molar-refractivity contribution < 1.29 is 0 Å². The minimum Gasteiger partial charge on any atom is -0.290 e. The third-order valence-corrected chi connectivity index (χ3v) is 2.61. The van der Waals surface area contributed by atoms with Crippen molar-refractivity contribution in [1.29, 1.82) is 0 Å². The van der Waals surface area contributed by atoms with Crippen molar-refractivity contribution in [3.05, 3.63) is 39.8 Å². The quantitative estimate of drug-likeness (QED) is 0.812. The molecule has 0 amide bonds. The molecular weight excluding hydrogens is 254 g/mol. The van der Waals surface area contributed by atoms with Gasteiger partial charge in [-0.3, -0.25) is 9.99 Å². The molecule has 1 aromatic heterocycles. The molecule has 7 heteroatoms. The standard InChI is InChI=1S/C11H12ClN5O/c1-13-16-10-14-9(17(2)11(18)15-10)7-3-5-8(12)6-4-7/h3-6,13H,1-2H3,(H,15,16,18). The molecule has 0 aliphatic heterocycles. The molecule has 1 aromatic carbocycles. The molecule has 2 aromatic rings. The molecule has 0 radical (unpaired) electrons. The number of halogens is 1. The Kier molecular flexibility index (Phi) is 3.59. The zero-order chi connectivity index (χ0) is 13.1. The summed E-state index contributed by atoms with van der Waals surface area (Å²) in [6, 6.07) is 7.09. The Hall–Kier alpha value is -1.92. The van der Waals surface area contributed by atoms with Crippen LogP contribution in [-0.2, 0) is 7.05 Å². The summed E-state index contributed by atoms with van der Waals surface area (Å²) in [5.41, 5.74) is 5.77. The fourth-order valence-electron chi connectivity index (χ4n) is 1.48. The molecule has 0 fully saturated rings. The topological polar surface area (TPSA) is 71.8 Å². The summed E-state index contributed by atoms with van der Waals surface area (Å²) in [5, 5.41) is 0.631. The van der Waals surface area contributed by atoms with E-state index < -0.39 is 0 Å². The zero-order valence-electron chi connectivity index (χ0n) is 9.94. The number of nitrogens with zero attached hydrogens (tertiary/aromatic N) is 3. The van der Waals surface area contributed by atoms with E-state index in [2.05, 4.69) is 20.8 Å². The Balaban J connectivity index is 2.55. The molecule has 0 aliphatic carbocycles. The Morgan fingerprint density at radius 1 is 1.22 bits per heavy atom. The molecular formula is C11H12ClN5O. The van der Waals surface area contributed by atoms with Gasteiger partial charge in [0.25, 0.3) is 0 Å². The highest BCUT2D eigenvalue weighted by Crippen LogP contribution is 2.18. The lowest BCUT2D eigenvalue weighted by Crippen LogP contribution is -2.27. The highest BCUT2D eigenvalue weighted by molar-refractivity contribution is 6.30. The molecule has 0 saturated heterocycles. The first kappa shape index (κ1) is 12.5. The van der Waals surface area contributed by atoms with Crippen LogP contribution in [0.5, 0.6) is 0 Å². The van der Waals surface area contributed by atoms with Crippen molar-refractivity contribution >= 4 is 17.5 Å². The Morgan fingerprint density at radius 3 is 2.50 bits per heavy atom. The van der Waals surface area contributed by atoms with Crippen molar-refractivity contribution in [1.82, 2.24) is 20.0 Å². The van der Waals surface area contributed by atoms with E-state index in [1.54, 1.807) is 38.4 Å². The maximum atomic E-state index is 11.7. The summed E-state index contributed by atoms with van der Waals surface area (Å²) in [7, 11) is 3.29.